The average Bonchev–Trinajstić information content (AvgIpc) is 2.29. The first-order valence-corrected chi connectivity index (χ1v) is 6.60. The molecular formula is C15H25NO. The Morgan fingerprint density at radius 2 is 1.76 bits per heavy atom. The molecule has 96 valence electrons. The van der Waals surface area contributed by atoms with Crippen LogP contribution in [0.15, 0.2) is 24.3 Å². The second kappa shape index (κ2) is 7.33. The van der Waals surface area contributed by atoms with E-state index >= 15 is 0 Å². The summed E-state index contributed by atoms with van der Waals surface area (Å²) in [6, 6.07) is 8.49. The van der Waals surface area contributed by atoms with E-state index in [9.17, 15) is 0 Å². The third-order valence-electron chi connectivity index (χ3n) is 2.83. The van der Waals surface area contributed by atoms with Crippen molar-refractivity contribution in [3.8, 4) is 5.75 Å². The fraction of sp³-hybridized carbons (Fsp3) is 0.600. The quantitative estimate of drug-likeness (QED) is 0.729. The van der Waals surface area contributed by atoms with Crippen LogP contribution < -0.4 is 10.1 Å². The first kappa shape index (κ1) is 14.0. The van der Waals surface area contributed by atoms with Gasteiger partial charge >= 0.3 is 0 Å². The second-order valence-corrected chi connectivity index (χ2v) is 4.78. The Hall–Kier alpha value is -1.02. The van der Waals surface area contributed by atoms with Crippen LogP contribution in [0.5, 0.6) is 5.75 Å². The Kier molecular flexibility index (Phi) is 6.06. The standard InChI is InChI=1S/C15H25NO/c1-5-16-11-10-13(4)14-6-8-15(9-7-14)17-12(2)3/h6-9,12-13,16H,5,10-11H2,1-4H3. The van der Waals surface area contributed by atoms with Crippen LogP contribution >= 0.6 is 0 Å². The Labute approximate surface area is 105 Å². The maximum atomic E-state index is 5.64. The first-order valence-electron chi connectivity index (χ1n) is 6.60. The Morgan fingerprint density at radius 1 is 1.12 bits per heavy atom. The van der Waals surface area contributed by atoms with Crippen LogP contribution in [0.3, 0.4) is 0 Å². The van der Waals surface area contributed by atoms with E-state index in [1.807, 2.05) is 13.8 Å². The summed E-state index contributed by atoms with van der Waals surface area (Å²) in [7, 11) is 0. The topological polar surface area (TPSA) is 21.3 Å². The summed E-state index contributed by atoms with van der Waals surface area (Å²) in [5.74, 6) is 1.56. The van der Waals surface area contributed by atoms with Crippen molar-refractivity contribution in [2.45, 2.75) is 46.1 Å². The van der Waals surface area contributed by atoms with Crippen molar-refractivity contribution in [1.82, 2.24) is 5.32 Å². The average molecular weight is 235 g/mol. The van der Waals surface area contributed by atoms with Gasteiger partial charge in [-0.1, -0.05) is 26.0 Å². The molecule has 1 N–H and O–H groups in total. The zero-order valence-electron chi connectivity index (χ0n) is 11.5. The number of nitrogens with one attached hydrogen (secondary N) is 1. The van der Waals surface area contributed by atoms with Gasteiger partial charge in [-0.3, -0.25) is 0 Å². The van der Waals surface area contributed by atoms with E-state index in [2.05, 4.69) is 43.4 Å². The molecule has 1 unspecified atom stereocenters. The third kappa shape index (κ3) is 5.22. The molecule has 0 saturated heterocycles. The highest BCUT2D eigenvalue weighted by molar-refractivity contribution is 5.29. The van der Waals surface area contributed by atoms with Crippen molar-refractivity contribution < 1.29 is 4.74 Å². The maximum absolute atomic E-state index is 5.64. The SMILES string of the molecule is CCNCCC(C)c1ccc(OC(C)C)cc1. The predicted octanol–water partition coefficient (Wildman–Crippen LogP) is 3.58. The first-order chi connectivity index (χ1) is 8.13. The minimum Gasteiger partial charge on any atom is -0.491 e. The molecule has 0 aliphatic carbocycles. The molecule has 0 aliphatic heterocycles. The maximum Gasteiger partial charge on any atom is 0.119 e. The van der Waals surface area contributed by atoms with E-state index in [0.717, 1.165) is 18.8 Å². The summed E-state index contributed by atoms with van der Waals surface area (Å²) in [6.07, 6.45) is 1.42. The molecule has 1 aromatic rings. The van der Waals surface area contributed by atoms with Gasteiger partial charge in [0.05, 0.1) is 6.10 Å². The lowest BCUT2D eigenvalue weighted by Crippen LogP contribution is -2.15. The molecule has 2 nitrogen and oxygen atoms in total. The fourth-order valence-corrected chi connectivity index (χ4v) is 1.81. The van der Waals surface area contributed by atoms with E-state index < -0.39 is 0 Å². The molecule has 0 heterocycles. The normalized spacial score (nSPS) is 12.8. The van der Waals surface area contributed by atoms with Crippen LogP contribution in [0.25, 0.3) is 0 Å². The fourth-order valence-electron chi connectivity index (χ4n) is 1.81. The number of rotatable bonds is 7. The highest BCUT2D eigenvalue weighted by atomic mass is 16.5. The molecule has 0 fully saturated rings. The van der Waals surface area contributed by atoms with E-state index in [0.29, 0.717) is 5.92 Å². The van der Waals surface area contributed by atoms with Gasteiger partial charge in [-0.2, -0.15) is 0 Å². The smallest absolute Gasteiger partial charge is 0.119 e. The predicted molar refractivity (Wildman–Crippen MR) is 73.8 cm³/mol. The van der Waals surface area contributed by atoms with Gasteiger partial charge in [-0.15, -0.1) is 0 Å². The van der Waals surface area contributed by atoms with Gasteiger partial charge in [0.2, 0.25) is 0 Å². The second-order valence-electron chi connectivity index (χ2n) is 4.78. The van der Waals surface area contributed by atoms with Crippen molar-refractivity contribution in [3.63, 3.8) is 0 Å². The number of hydrogen-bond acceptors (Lipinski definition) is 2. The Morgan fingerprint density at radius 3 is 2.29 bits per heavy atom. The van der Waals surface area contributed by atoms with Crippen molar-refractivity contribution in [3.05, 3.63) is 29.8 Å². The number of benzene rings is 1. The van der Waals surface area contributed by atoms with Gasteiger partial charge in [-0.05, 0) is 57.0 Å². The molecule has 0 amide bonds. The summed E-state index contributed by atoms with van der Waals surface area (Å²) in [6.45, 7) is 10.6. The van der Waals surface area contributed by atoms with Gasteiger partial charge in [0.15, 0.2) is 0 Å². The van der Waals surface area contributed by atoms with Gasteiger partial charge in [0.1, 0.15) is 5.75 Å². The lowest BCUT2D eigenvalue weighted by molar-refractivity contribution is 0.242. The van der Waals surface area contributed by atoms with Gasteiger partial charge in [-0.25, -0.2) is 0 Å². The van der Waals surface area contributed by atoms with Crippen LogP contribution in [0, 0.1) is 0 Å². The molecule has 2 heteroatoms. The molecule has 1 rings (SSSR count). The van der Waals surface area contributed by atoms with Crippen molar-refractivity contribution in [1.29, 1.82) is 0 Å². The highest BCUT2D eigenvalue weighted by Gasteiger charge is 2.05. The summed E-state index contributed by atoms with van der Waals surface area (Å²) in [5.41, 5.74) is 1.39. The van der Waals surface area contributed by atoms with E-state index in [1.165, 1.54) is 12.0 Å². The monoisotopic (exact) mass is 235 g/mol. The van der Waals surface area contributed by atoms with Crippen LogP contribution in [0.4, 0.5) is 0 Å². The largest absolute Gasteiger partial charge is 0.491 e. The van der Waals surface area contributed by atoms with Crippen molar-refractivity contribution >= 4 is 0 Å². The Bertz CT molecular complexity index is 305. The molecular weight excluding hydrogens is 210 g/mol. The zero-order valence-corrected chi connectivity index (χ0v) is 11.5. The molecule has 1 atom stereocenters. The van der Waals surface area contributed by atoms with E-state index in [1.54, 1.807) is 0 Å². The van der Waals surface area contributed by atoms with E-state index in [4.69, 9.17) is 4.74 Å². The van der Waals surface area contributed by atoms with Crippen molar-refractivity contribution in [2.75, 3.05) is 13.1 Å². The van der Waals surface area contributed by atoms with Crippen LogP contribution in [0.1, 0.15) is 45.6 Å². The molecule has 17 heavy (non-hydrogen) atoms. The van der Waals surface area contributed by atoms with Gasteiger partial charge in [0.25, 0.3) is 0 Å². The number of ether oxygens (including phenoxy) is 1. The molecule has 0 aliphatic rings. The summed E-state index contributed by atoms with van der Waals surface area (Å²) < 4.78 is 5.64. The summed E-state index contributed by atoms with van der Waals surface area (Å²) in [5, 5.41) is 3.36. The Balaban J connectivity index is 2.48. The zero-order chi connectivity index (χ0) is 12.7. The highest BCUT2D eigenvalue weighted by Crippen LogP contribution is 2.22. The van der Waals surface area contributed by atoms with Gasteiger partial charge < -0.3 is 10.1 Å². The summed E-state index contributed by atoms with van der Waals surface area (Å²) in [4.78, 5) is 0. The molecule has 0 spiro atoms. The molecule has 1 aromatic carbocycles. The lowest BCUT2D eigenvalue weighted by Gasteiger charge is -2.14. The lowest BCUT2D eigenvalue weighted by atomic mass is 9.98. The molecule has 0 radical (unpaired) electrons. The summed E-state index contributed by atoms with van der Waals surface area (Å²) >= 11 is 0. The third-order valence-corrected chi connectivity index (χ3v) is 2.83. The number of hydrogen-bond donors (Lipinski definition) is 1. The van der Waals surface area contributed by atoms with Crippen molar-refractivity contribution in [2.24, 2.45) is 0 Å². The minimum atomic E-state index is 0.243. The van der Waals surface area contributed by atoms with Crippen LogP contribution in [-0.4, -0.2) is 19.2 Å². The molecule has 0 saturated carbocycles. The van der Waals surface area contributed by atoms with E-state index in [-0.39, 0.29) is 6.10 Å². The van der Waals surface area contributed by atoms with Crippen LogP contribution in [-0.2, 0) is 0 Å². The molecule has 0 bridgehead atoms. The van der Waals surface area contributed by atoms with Gasteiger partial charge in [0, 0.05) is 0 Å². The van der Waals surface area contributed by atoms with Crippen LogP contribution in [0.2, 0.25) is 0 Å². The molecule has 0 aromatic heterocycles. The minimum absolute atomic E-state index is 0.243.